The zero-order valence-corrected chi connectivity index (χ0v) is 31.7. The lowest BCUT2D eigenvalue weighted by Crippen LogP contribution is -2.33. The summed E-state index contributed by atoms with van der Waals surface area (Å²) in [6, 6.07) is 37.4. The summed E-state index contributed by atoms with van der Waals surface area (Å²) in [7, 11) is 0. The van der Waals surface area contributed by atoms with Gasteiger partial charge < -0.3 is 16.4 Å². The monoisotopic (exact) mass is 805 g/mol. The first-order valence-electron chi connectivity index (χ1n) is 16.9. The summed E-state index contributed by atoms with van der Waals surface area (Å²) in [5, 5.41) is 32.2. The van der Waals surface area contributed by atoms with Crippen LogP contribution in [0.25, 0.3) is 22.3 Å². The molecule has 0 saturated carbocycles. The van der Waals surface area contributed by atoms with E-state index in [4.69, 9.17) is 55.6 Å². The highest BCUT2D eigenvalue weighted by atomic mass is 35.5. The number of hydrogen-bond acceptors (Lipinski definition) is 10. The number of urea groups is 1. The van der Waals surface area contributed by atoms with Crippen molar-refractivity contribution in [2.24, 2.45) is 10.8 Å². The Labute approximate surface area is 341 Å². The minimum atomic E-state index is -0.927. The molecule has 0 unspecified atom stereocenters. The Bertz CT molecular complexity index is 2570. The second kappa shape index (κ2) is 17.0. The summed E-state index contributed by atoms with van der Waals surface area (Å²) < 4.78 is 0. The predicted molar refractivity (Wildman–Crippen MR) is 223 cm³/mol. The fraction of sp³-hybridized carbons (Fsp3) is 0. The normalized spacial score (nSPS) is 10.5. The van der Waals surface area contributed by atoms with Crippen LogP contribution in [0.15, 0.2) is 139 Å². The first kappa shape index (κ1) is 37.9. The van der Waals surface area contributed by atoms with Gasteiger partial charge >= 0.3 is 6.03 Å². The summed E-state index contributed by atoms with van der Waals surface area (Å²) in [6.07, 6.45) is 3.16. The minimum Gasteiger partial charge on any atom is -0.350 e. The van der Waals surface area contributed by atoms with Crippen molar-refractivity contribution in [2.75, 3.05) is 15.6 Å². The number of nitriles is 2. The Balaban J connectivity index is 1.53. The van der Waals surface area contributed by atoms with E-state index in [2.05, 4.69) is 32.7 Å². The van der Waals surface area contributed by atoms with Crippen LogP contribution in [0.1, 0.15) is 22.5 Å². The molecule has 0 aliphatic rings. The molecular formula is C42H26Cl3N11O. The maximum atomic E-state index is 13.4. The molecule has 0 aliphatic heterocycles. The van der Waals surface area contributed by atoms with E-state index in [-0.39, 0.29) is 34.7 Å². The molecule has 7 rings (SSSR count). The van der Waals surface area contributed by atoms with E-state index >= 15 is 0 Å². The zero-order chi connectivity index (χ0) is 39.9. The number of rotatable bonds is 10. The minimum absolute atomic E-state index is 0.0455. The number of anilines is 5. The number of nitrogens with zero attached hydrogens (tertiary/aromatic N) is 8. The van der Waals surface area contributed by atoms with Crippen LogP contribution >= 0.6 is 34.8 Å². The van der Waals surface area contributed by atoms with Crippen LogP contribution in [0.2, 0.25) is 15.1 Å². The molecule has 0 atom stereocenters. The molecule has 0 saturated heterocycles. The molecule has 0 radical (unpaired) electrons. The van der Waals surface area contributed by atoms with Gasteiger partial charge in [-0.15, -0.1) is 0 Å². The van der Waals surface area contributed by atoms with Gasteiger partial charge in [0.25, 0.3) is 0 Å². The SMILES string of the molecule is N#Cc1ccc(Nc2ncc(-c3ccccc3Cl)c(C(=NN(C(N)=O)c3ccc(Cl)cc3)c3nc(Nc4ccc(C#N)cc4)ncc3-c3ccccc3Cl)n2)cc1. The summed E-state index contributed by atoms with van der Waals surface area (Å²) in [4.78, 5) is 32.6. The average molecular weight is 807 g/mol. The lowest BCUT2D eigenvalue weighted by atomic mass is 9.97. The lowest BCUT2D eigenvalue weighted by Gasteiger charge is -2.21. The summed E-state index contributed by atoms with van der Waals surface area (Å²) >= 11 is 19.9. The third kappa shape index (κ3) is 8.65. The van der Waals surface area contributed by atoms with Gasteiger partial charge in [0.05, 0.1) is 29.0 Å². The van der Waals surface area contributed by atoms with Crippen LogP contribution in [0.5, 0.6) is 0 Å². The van der Waals surface area contributed by atoms with Crippen LogP contribution in [0, 0.1) is 22.7 Å². The van der Waals surface area contributed by atoms with E-state index in [9.17, 15) is 15.3 Å². The molecule has 2 aromatic heterocycles. The number of carbonyl (C=O) groups is 1. The molecule has 57 heavy (non-hydrogen) atoms. The Morgan fingerprint density at radius 3 is 1.46 bits per heavy atom. The molecule has 0 fully saturated rings. The first-order chi connectivity index (χ1) is 27.7. The lowest BCUT2D eigenvalue weighted by molar-refractivity contribution is 0.254. The Morgan fingerprint density at radius 2 is 1.05 bits per heavy atom. The smallest absolute Gasteiger partial charge is 0.340 e. The van der Waals surface area contributed by atoms with Crippen molar-refractivity contribution < 1.29 is 4.79 Å². The van der Waals surface area contributed by atoms with Crippen LogP contribution < -0.4 is 21.4 Å². The van der Waals surface area contributed by atoms with Gasteiger partial charge in [-0.1, -0.05) is 71.2 Å². The van der Waals surface area contributed by atoms with Crippen molar-refractivity contribution in [3.8, 4) is 34.4 Å². The van der Waals surface area contributed by atoms with Crippen molar-refractivity contribution in [2.45, 2.75) is 0 Å². The second-order valence-electron chi connectivity index (χ2n) is 12.1. The number of benzene rings is 5. The van der Waals surface area contributed by atoms with Crippen molar-refractivity contribution in [3.05, 3.63) is 171 Å². The maximum absolute atomic E-state index is 13.4. The number of halogens is 3. The Hall–Kier alpha value is -7.35. The molecule has 12 nitrogen and oxygen atoms in total. The van der Waals surface area contributed by atoms with Crippen molar-refractivity contribution in [1.29, 1.82) is 10.5 Å². The number of amides is 2. The fourth-order valence-corrected chi connectivity index (χ4v) is 6.24. The van der Waals surface area contributed by atoms with Gasteiger partial charge in [-0.05, 0) is 84.9 Å². The Morgan fingerprint density at radius 1 is 0.614 bits per heavy atom. The highest BCUT2D eigenvalue weighted by Crippen LogP contribution is 2.36. The van der Waals surface area contributed by atoms with E-state index in [1.807, 2.05) is 12.1 Å². The number of primary amides is 1. The van der Waals surface area contributed by atoms with Gasteiger partial charge in [-0.25, -0.2) is 24.7 Å². The topological polar surface area (TPSA) is 182 Å². The number of carbonyl (C=O) groups excluding carboxylic acids is 1. The Kier molecular flexibility index (Phi) is 11.3. The quantitative estimate of drug-likeness (QED) is 0.0895. The van der Waals surface area contributed by atoms with Gasteiger partial charge in [0.15, 0.2) is 0 Å². The first-order valence-corrected chi connectivity index (χ1v) is 18.1. The molecule has 7 aromatic rings. The van der Waals surface area contributed by atoms with Gasteiger partial charge in [0.2, 0.25) is 11.9 Å². The molecule has 4 N–H and O–H groups in total. The highest BCUT2D eigenvalue weighted by molar-refractivity contribution is 6.34. The molecule has 2 amide bonds. The van der Waals surface area contributed by atoms with E-state index in [1.54, 1.807) is 122 Å². The van der Waals surface area contributed by atoms with Crippen molar-refractivity contribution in [1.82, 2.24) is 19.9 Å². The van der Waals surface area contributed by atoms with Crippen LogP contribution in [0.3, 0.4) is 0 Å². The van der Waals surface area contributed by atoms with E-state index in [1.165, 1.54) is 0 Å². The standard InChI is InChI=1S/C42H26Cl3N11O/c43-27-13-19-30(20-14-27)56(40(48)57)55-39(37-33(31-5-1-3-7-35(31)44)23-49-41(53-37)51-28-15-9-25(21-46)10-16-28)38-34(32-6-2-4-8-36(32)45)24-50-42(54-38)52-29-17-11-26(22-47)12-18-29/h1-20,23-24H,(H2,48,57)(H,49,51,53)(H,50,52,54). The van der Waals surface area contributed by atoms with Gasteiger partial charge in [0, 0.05) is 61.1 Å². The summed E-state index contributed by atoms with van der Waals surface area (Å²) in [5.41, 5.74) is 10.8. The van der Waals surface area contributed by atoms with E-state index in [0.717, 1.165) is 5.01 Å². The number of hydrogen-bond donors (Lipinski definition) is 3. The number of nitrogens with two attached hydrogens (primary N) is 1. The molecule has 15 heteroatoms. The number of hydrazone groups is 1. The number of aromatic nitrogens is 4. The molecular weight excluding hydrogens is 781 g/mol. The fourth-order valence-electron chi connectivity index (χ4n) is 5.64. The largest absolute Gasteiger partial charge is 0.350 e. The molecule has 0 bridgehead atoms. The van der Waals surface area contributed by atoms with Crippen molar-refractivity contribution in [3.63, 3.8) is 0 Å². The van der Waals surface area contributed by atoms with Gasteiger partial charge in [0.1, 0.15) is 17.1 Å². The second-order valence-corrected chi connectivity index (χ2v) is 13.3. The van der Waals surface area contributed by atoms with Crippen molar-refractivity contribution >= 4 is 75.5 Å². The van der Waals surface area contributed by atoms with E-state index < -0.39 is 6.03 Å². The molecule has 276 valence electrons. The van der Waals surface area contributed by atoms with Crippen LogP contribution in [0.4, 0.5) is 33.8 Å². The third-order valence-electron chi connectivity index (χ3n) is 8.37. The van der Waals surface area contributed by atoms with Crippen LogP contribution in [-0.4, -0.2) is 31.7 Å². The maximum Gasteiger partial charge on any atom is 0.340 e. The van der Waals surface area contributed by atoms with Crippen LogP contribution in [-0.2, 0) is 0 Å². The molecule has 0 spiro atoms. The zero-order valence-electron chi connectivity index (χ0n) is 29.4. The molecule has 2 heterocycles. The summed E-state index contributed by atoms with van der Waals surface area (Å²) in [6.45, 7) is 0. The highest BCUT2D eigenvalue weighted by Gasteiger charge is 2.27. The van der Waals surface area contributed by atoms with E-state index in [0.29, 0.717) is 59.8 Å². The number of nitrogens with one attached hydrogen (secondary N) is 2. The van der Waals surface area contributed by atoms with Gasteiger partial charge in [-0.3, -0.25) is 0 Å². The molecule has 5 aromatic carbocycles. The van der Waals surface area contributed by atoms with Gasteiger partial charge in [-0.2, -0.15) is 20.6 Å². The predicted octanol–water partition coefficient (Wildman–Crippen LogP) is 10.1. The average Bonchev–Trinajstić information content (AvgIpc) is 3.23. The summed E-state index contributed by atoms with van der Waals surface area (Å²) in [5.74, 6) is 0.277. The molecule has 0 aliphatic carbocycles. The third-order valence-corrected chi connectivity index (χ3v) is 9.29.